The van der Waals surface area contributed by atoms with Gasteiger partial charge in [-0.25, -0.2) is 4.79 Å². The van der Waals surface area contributed by atoms with Crippen LogP contribution in [-0.4, -0.2) is 36.7 Å². The molecule has 1 rings (SSSR count). The monoisotopic (exact) mass is 319 g/mol. The number of furan rings is 1. The largest absolute Gasteiger partial charge is 0.480 e. The minimum atomic E-state index is -1.11. The standard InChI is InChI=1S/C11H14BrNO5/c1-6-5-8(12)18-9(6)10(14)13-7(11(15)16)3-4-17-2/h5,7H,3-4H2,1-2H3,(H,13,14)(H,15,16). The predicted molar refractivity (Wildman–Crippen MR) is 66.5 cm³/mol. The first-order valence-electron chi connectivity index (χ1n) is 5.24. The van der Waals surface area contributed by atoms with Crippen LogP contribution in [0.3, 0.4) is 0 Å². The molecule has 2 N–H and O–H groups in total. The fourth-order valence-electron chi connectivity index (χ4n) is 1.39. The van der Waals surface area contributed by atoms with Crippen LogP contribution in [0.4, 0.5) is 0 Å². The summed E-state index contributed by atoms with van der Waals surface area (Å²) in [5.74, 6) is -1.56. The van der Waals surface area contributed by atoms with E-state index in [9.17, 15) is 9.59 Å². The van der Waals surface area contributed by atoms with Gasteiger partial charge in [-0.2, -0.15) is 0 Å². The van der Waals surface area contributed by atoms with E-state index in [0.717, 1.165) is 0 Å². The van der Waals surface area contributed by atoms with Crippen molar-refractivity contribution in [3.8, 4) is 0 Å². The molecule has 0 aromatic carbocycles. The van der Waals surface area contributed by atoms with Crippen molar-refractivity contribution in [2.75, 3.05) is 13.7 Å². The zero-order valence-corrected chi connectivity index (χ0v) is 11.6. The SMILES string of the molecule is COCCC(NC(=O)c1oc(Br)cc1C)C(=O)O. The maximum atomic E-state index is 11.8. The van der Waals surface area contributed by atoms with E-state index in [1.807, 2.05) is 0 Å². The quantitative estimate of drug-likeness (QED) is 0.830. The van der Waals surface area contributed by atoms with Gasteiger partial charge in [-0.3, -0.25) is 4.79 Å². The van der Waals surface area contributed by atoms with Gasteiger partial charge in [0.25, 0.3) is 5.91 Å². The van der Waals surface area contributed by atoms with Crippen LogP contribution < -0.4 is 5.32 Å². The summed E-state index contributed by atoms with van der Waals surface area (Å²) >= 11 is 3.11. The van der Waals surface area contributed by atoms with E-state index in [1.54, 1.807) is 13.0 Å². The topological polar surface area (TPSA) is 88.8 Å². The number of methoxy groups -OCH3 is 1. The van der Waals surface area contributed by atoms with E-state index in [2.05, 4.69) is 21.2 Å². The highest BCUT2D eigenvalue weighted by molar-refractivity contribution is 9.10. The van der Waals surface area contributed by atoms with Gasteiger partial charge in [0, 0.05) is 25.7 Å². The number of hydrogen-bond donors (Lipinski definition) is 2. The molecule has 1 unspecified atom stereocenters. The number of hydrogen-bond acceptors (Lipinski definition) is 4. The molecule has 100 valence electrons. The number of carboxylic acids is 1. The van der Waals surface area contributed by atoms with Gasteiger partial charge in [-0.1, -0.05) is 0 Å². The lowest BCUT2D eigenvalue weighted by Crippen LogP contribution is -2.41. The Hall–Kier alpha value is -1.34. The molecule has 18 heavy (non-hydrogen) atoms. The number of amides is 1. The number of aliphatic carboxylic acids is 1. The molecule has 0 saturated carbocycles. The van der Waals surface area contributed by atoms with Crippen LogP contribution in [0, 0.1) is 6.92 Å². The van der Waals surface area contributed by atoms with Crippen LogP contribution in [0.15, 0.2) is 15.2 Å². The lowest BCUT2D eigenvalue weighted by atomic mass is 10.2. The number of carbonyl (C=O) groups is 2. The molecule has 7 heteroatoms. The van der Waals surface area contributed by atoms with Crippen molar-refractivity contribution in [1.29, 1.82) is 0 Å². The number of ether oxygens (including phenoxy) is 1. The Bertz CT molecular complexity index is 443. The first-order chi connectivity index (χ1) is 8.45. The lowest BCUT2D eigenvalue weighted by molar-refractivity contribution is -0.139. The summed E-state index contributed by atoms with van der Waals surface area (Å²) in [7, 11) is 1.47. The Balaban J connectivity index is 2.72. The molecule has 6 nitrogen and oxygen atoms in total. The summed E-state index contributed by atoms with van der Waals surface area (Å²) in [6, 6.07) is 0.639. The van der Waals surface area contributed by atoms with E-state index < -0.39 is 17.9 Å². The van der Waals surface area contributed by atoms with Crippen molar-refractivity contribution >= 4 is 27.8 Å². The fourth-order valence-corrected chi connectivity index (χ4v) is 1.89. The Morgan fingerprint density at radius 2 is 2.28 bits per heavy atom. The Morgan fingerprint density at radius 3 is 2.72 bits per heavy atom. The van der Waals surface area contributed by atoms with Crippen molar-refractivity contribution in [3.05, 3.63) is 22.1 Å². The van der Waals surface area contributed by atoms with Crippen LogP contribution >= 0.6 is 15.9 Å². The van der Waals surface area contributed by atoms with Gasteiger partial charge in [0.05, 0.1) is 0 Å². The molecule has 1 heterocycles. The van der Waals surface area contributed by atoms with Gasteiger partial charge in [0.1, 0.15) is 6.04 Å². The van der Waals surface area contributed by atoms with E-state index >= 15 is 0 Å². The molecule has 0 spiro atoms. The van der Waals surface area contributed by atoms with Gasteiger partial charge in [-0.15, -0.1) is 0 Å². The third-order valence-corrected chi connectivity index (χ3v) is 2.70. The van der Waals surface area contributed by atoms with Gasteiger partial charge in [0.2, 0.25) is 0 Å². The van der Waals surface area contributed by atoms with Gasteiger partial charge in [0.15, 0.2) is 10.4 Å². The third kappa shape index (κ3) is 3.85. The first-order valence-corrected chi connectivity index (χ1v) is 6.03. The maximum Gasteiger partial charge on any atom is 0.326 e. The Kier molecular flexibility index (Phi) is 5.36. The molecule has 1 atom stereocenters. The minimum Gasteiger partial charge on any atom is -0.480 e. The molecule has 1 aromatic rings. The summed E-state index contributed by atoms with van der Waals surface area (Å²) in [6.45, 7) is 1.95. The molecule has 0 saturated heterocycles. The summed E-state index contributed by atoms with van der Waals surface area (Å²) < 4.78 is 10.4. The molecule has 0 radical (unpaired) electrons. The van der Waals surface area contributed by atoms with Crippen molar-refractivity contribution < 1.29 is 23.8 Å². The van der Waals surface area contributed by atoms with Crippen molar-refractivity contribution in [1.82, 2.24) is 5.32 Å². The van der Waals surface area contributed by atoms with Crippen LogP contribution in [0.25, 0.3) is 0 Å². The van der Waals surface area contributed by atoms with Crippen molar-refractivity contribution in [2.24, 2.45) is 0 Å². The number of nitrogens with one attached hydrogen (secondary N) is 1. The van der Waals surface area contributed by atoms with E-state index in [-0.39, 0.29) is 18.8 Å². The highest BCUT2D eigenvalue weighted by atomic mass is 79.9. The van der Waals surface area contributed by atoms with Gasteiger partial charge < -0.3 is 19.6 Å². The number of carboxylic acid groups (broad SMARTS) is 1. The van der Waals surface area contributed by atoms with Crippen LogP contribution in [0.1, 0.15) is 22.5 Å². The van der Waals surface area contributed by atoms with Crippen LogP contribution in [-0.2, 0) is 9.53 Å². The summed E-state index contributed by atoms with van der Waals surface area (Å²) in [5.41, 5.74) is 0.634. The van der Waals surface area contributed by atoms with E-state index in [4.69, 9.17) is 14.3 Å². The van der Waals surface area contributed by atoms with Crippen LogP contribution in [0.5, 0.6) is 0 Å². The average Bonchev–Trinajstić information content (AvgIpc) is 2.63. The van der Waals surface area contributed by atoms with Crippen molar-refractivity contribution in [3.63, 3.8) is 0 Å². The van der Waals surface area contributed by atoms with E-state index in [0.29, 0.717) is 10.2 Å². The molecule has 0 aliphatic heterocycles. The minimum absolute atomic E-state index is 0.102. The molecule has 0 aliphatic rings. The summed E-state index contributed by atoms with van der Waals surface area (Å²) in [4.78, 5) is 22.8. The fraction of sp³-hybridized carbons (Fsp3) is 0.455. The molecule has 1 aromatic heterocycles. The Morgan fingerprint density at radius 1 is 1.61 bits per heavy atom. The lowest BCUT2D eigenvalue weighted by Gasteiger charge is -2.13. The molecule has 1 amide bonds. The number of halogens is 1. The molecular formula is C11H14BrNO5. The predicted octanol–water partition coefficient (Wildman–Crippen LogP) is 1.57. The third-order valence-electron chi connectivity index (χ3n) is 2.31. The highest BCUT2D eigenvalue weighted by Crippen LogP contribution is 2.19. The highest BCUT2D eigenvalue weighted by Gasteiger charge is 2.23. The molecule has 0 aliphatic carbocycles. The molecular weight excluding hydrogens is 306 g/mol. The van der Waals surface area contributed by atoms with Crippen LogP contribution in [0.2, 0.25) is 0 Å². The summed E-state index contributed by atoms with van der Waals surface area (Å²) in [6.07, 6.45) is 0.193. The van der Waals surface area contributed by atoms with Gasteiger partial charge >= 0.3 is 5.97 Å². The molecule has 0 fully saturated rings. The second-order valence-corrected chi connectivity index (χ2v) is 4.49. The summed E-state index contributed by atoms with van der Waals surface area (Å²) in [5, 5.41) is 11.3. The number of carbonyl (C=O) groups excluding carboxylic acids is 1. The zero-order valence-electron chi connectivity index (χ0n) is 10.0. The Labute approximate surface area is 112 Å². The molecule has 0 bridgehead atoms. The second-order valence-electron chi connectivity index (χ2n) is 3.71. The zero-order chi connectivity index (χ0) is 13.7. The normalized spacial score (nSPS) is 12.2. The number of rotatable bonds is 6. The van der Waals surface area contributed by atoms with E-state index in [1.165, 1.54) is 7.11 Å². The maximum absolute atomic E-state index is 11.8. The first kappa shape index (κ1) is 14.7. The second kappa shape index (κ2) is 6.55. The van der Waals surface area contributed by atoms with Gasteiger partial charge in [-0.05, 0) is 28.9 Å². The van der Waals surface area contributed by atoms with Crippen molar-refractivity contribution in [2.45, 2.75) is 19.4 Å². The average molecular weight is 320 g/mol. The number of aryl methyl sites for hydroxylation is 1. The smallest absolute Gasteiger partial charge is 0.326 e.